The summed E-state index contributed by atoms with van der Waals surface area (Å²) >= 11 is 3.49. The van der Waals surface area contributed by atoms with Crippen LogP contribution in [0, 0.1) is 0 Å². The summed E-state index contributed by atoms with van der Waals surface area (Å²) in [6.07, 6.45) is 2.40. The van der Waals surface area contributed by atoms with Crippen molar-refractivity contribution in [3.8, 4) is 0 Å². The van der Waals surface area contributed by atoms with Crippen LogP contribution in [0.15, 0.2) is 22.7 Å². The fraction of sp³-hybridized carbons (Fsp3) is 0.462. The Morgan fingerprint density at radius 2 is 2.24 bits per heavy atom. The molecule has 0 saturated carbocycles. The van der Waals surface area contributed by atoms with Gasteiger partial charge in [-0.1, -0.05) is 22.0 Å². The highest BCUT2D eigenvalue weighted by atomic mass is 79.9. The summed E-state index contributed by atoms with van der Waals surface area (Å²) in [5.41, 5.74) is 2.24. The predicted octanol–water partition coefficient (Wildman–Crippen LogP) is 2.13. The first-order valence-corrected chi connectivity index (χ1v) is 6.67. The molecule has 2 aliphatic rings. The van der Waals surface area contributed by atoms with E-state index in [1.807, 2.05) is 6.07 Å². The Morgan fingerprint density at radius 1 is 1.35 bits per heavy atom. The van der Waals surface area contributed by atoms with E-state index in [0.29, 0.717) is 19.6 Å². The molecule has 1 aromatic carbocycles. The third-order valence-electron chi connectivity index (χ3n) is 3.60. The van der Waals surface area contributed by atoms with E-state index >= 15 is 0 Å². The highest BCUT2D eigenvalue weighted by Crippen LogP contribution is 2.39. The number of carbonyl (C=O) groups is 1. The summed E-state index contributed by atoms with van der Waals surface area (Å²) in [5, 5.41) is 3.15. The summed E-state index contributed by atoms with van der Waals surface area (Å²) < 4.78 is 6.69. The van der Waals surface area contributed by atoms with Gasteiger partial charge in [-0.15, -0.1) is 0 Å². The van der Waals surface area contributed by atoms with Crippen LogP contribution in [0.3, 0.4) is 0 Å². The topological polar surface area (TPSA) is 38.3 Å². The molecule has 1 aliphatic heterocycles. The number of benzene rings is 1. The monoisotopic (exact) mass is 295 g/mol. The summed E-state index contributed by atoms with van der Waals surface area (Å²) in [6, 6.07) is 6.27. The number of rotatable bonds is 0. The molecule has 0 radical (unpaired) electrons. The van der Waals surface area contributed by atoms with Gasteiger partial charge < -0.3 is 10.1 Å². The first kappa shape index (κ1) is 11.2. The Kier molecular flexibility index (Phi) is 2.71. The lowest BCUT2D eigenvalue weighted by Crippen LogP contribution is -2.45. The second-order valence-corrected chi connectivity index (χ2v) is 5.65. The number of carbonyl (C=O) groups excluding carboxylic acids is 1. The molecule has 1 heterocycles. The second kappa shape index (κ2) is 4.10. The van der Waals surface area contributed by atoms with Gasteiger partial charge in [-0.25, -0.2) is 0 Å². The molecular weight excluding hydrogens is 282 g/mol. The standard InChI is InChI=1S/C13H14BrNO2/c14-10-1-2-11-9(7-10)3-5-13(11)8-17-6-4-12(16)15-13/h1-2,7H,3-6,8H2,(H,15,16). The molecule has 1 saturated heterocycles. The van der Waals surface area contributed by atoms with Crippen molar-refractivity contribution in [2.45, 2.75) is 24.8 Å². The third-order valence-corrected chi connectivity index (χ3v) is 4.10. The highest BCUT2D eigenvalue weighted by molar-refractivity contribution is 9.10. The maximum atomic E-state index is 11.7. The molecule has 1 aliphatic carbocycles. The van der Waals surface area contributed by atoms with Gasteiger partial charge in [0.15, 0.2) is 0 Å². The molecule has 1 aromatic rings. The molecular formula is C13H14BrNO2. The lowest BCUT2D eigenvalue weighted by atomic mass is 9.92. The summed E-state index contributed by atoms with van der Waals surface area (Å²) in [6.45, 7) is 1.12. The zero-order chi connectivity index (χ0) is 11.9. The molecule has 1 unspecified atom stereocenters. The molecule has 0 bridgehead atoms. The van der Waals surface area contributed by atoms with Gasteiger partial charge >= 0.3 is 0 Å². The average molecular weight is 296 g/mol. The van der Waals surface area contributed by atoms with E-state index in [0.717, 1.165) is 17.3 Å². The van der Waals surface area contributed by atoms with Crippen molar-refractivity contribution in [3.05, 3.63) is 33.8 Å². The van der Waals surface area contributed by atoms with Crippen molar-refractivity contribution in [2.24, 2.45) is 0 Å². The zero-order valence-electron chi connectivity index (χ0n) is 9.46. The number of fused-ring (bicyclic) bond motifs is 2. The van der Waals surface area contributed by atoms with Crippen LogP contribution < -0.4 is 5.32 Å². The number of hydrogen-bond acceptors (Lipinski definition) is 2. The molecule has 3 nitrogen and oxygen atoms in total. The molecule has 1 atom stereocenters. The van der Waals surface area contributed by atoms with Gasteiger partial charge in [0.2, 0.25) is 5.91 Å². The van der Waals surface area contributed by atoms with Gasteiger partial charge in [0, 0.05) is 10.9 Å². The molecule has 3 rings (SSSR count). The number of nitrogens with one attached hydrogen (secondary N) is 1. The van der Waals surface area contributed by atoms with E-state index in [1.54, 1.807) is 0 Å². The maximum Gasteiger partial charge on any atom is 0.223 e. The van der Waals surface area contributed by atoms with Crippen LogP contribution in [0.4, 0.5) is 0 Å². The van der Waals surface area contributed by atoms with Gasteiger partial charge in [0.05, 0.1) is 18.8 Å². The molecule has 0 aromatic heterocycles. The Hall–Kier alpha value is -0.870. The van der Waals surface area contributed by atoms with E-state index in [2.05, 4.69) is 33.4 Å². The third kappa shape index (κ3) is 1.89. The van der Waals surface area contributed by atoms with E-state index in [4.69, 9.17) is 4.74 Å². The second-order valence-electron chi connectivity index (χ2n) is 4.73. The van der Waals surface area contributed by atoms with Crippen LogP contribution in [0.25, 0.3) is 0 Å². The average Bonchev–Trinajstić information content (AvgIpc) is 2.51. The van der Waals surface area contributed by atoms with Crippen molar-refractivity contribution in [1.82, 2.24) is 5.32 Å². The van der Waals surface area contributed by atoms with Crippen LogP contribution >= 0.6 is 15.9 Å². The van der Waals surface area contributed by atoms with Gasteiger partial charge in [0.1, 0.15) is 0 Å². The van der Waals surface area contributed by atoms with Crippen LogP contribution in [0.5, 0.6) is 0 Å². The SMILES string of the molecule is O=C1CCOCC2(CCc3cc(Br)ccc32)N1. The van der Waals surface area contributed by atoms with E-state index < -0.39 is 0 Å². The largest absolute Gasteiger partial charge is 0.378 e. The van der Waals surface area contributed by atoms with Crippen molar-refractivity contribution in [1.29, 1.82) is 0 Å². The van der Waals surface area contributed by atoms with E-state index in [-0.39, 0.29) is 11.4 Å². The number of hydrogen-bond donors (Lipinski definition) is 1. The molecule has 4 heteroatoms. The molecule has 1 spiro atoms. The molecule has 1 fully saturated rings. The van der Waals surface area contributed by atoms with Crippen molar-refractivity contribution in [2.75, 3.05) is 13.2 Å². The highest BCUT2D eigenvalue weighted by Gasteiger charge is 2.41. The first-order chi connectivity index (χ1) is 8.20. The van der Waals surface area contributed by atoms with Crippen molar-refractivity contribution < 1.29 is 9.53 Å². The zero-order valence-corrected chi connectivity index (χ0v) is 11.0. The molecule has 1 N–H and O–H groups in total. The number of amides is 1. The van der Waals surface area contributed by atoms with Gasteiger partial charge in [-0.05, 0) is 36.1 Å². The van der Waals surface area contributed by atoms with E-state index in [1.165, 1.54) is 11.1 Å². The Balaban J connectivity index is 2.03. The number of halogens is 1. The Labute approximate surface area is 109 Å². The number of aryl methyl sites for hydroxylation is 1. The minimum atomic E-state index is -0.288. The van der Waals surface area contributed by atoms with Crippen LogP contribution in [-0.4, -0.2) is 19.1 Å². The normalized spacial score (nSPS) is 27.7. The lowest BCUT2D eigenvalue weighted by Gasteiger charge is -2.29. The summed E-state index contributed by atoms with van der Waals surface area (Å²) in [4.78, 5) is 11.7. The molecule has 17 heavy (non-hydrogen) atoms. The Morgan fingerprint density at radius 3 is 3.12 bits per heavy atom. The van der Waals surface area contributed by atoms with Crippen molar-refractivity contribution >= 4 is 21.8 Å². The minimum absolute atomic E-state index is 0.0956. The predicted molar refractivity (Wildman–Crippen MR) is 67.7 cm³/mol. The van der Waals surface area contributed by atoms with Gasteiger partial charge in [-0.2, -0.15) is 0 Å². The van der Waals surface area contributed by atoms with Gasteiger partial charge in [-0.3, -0.25) is 4.79 Å². The summed E-state index contributed by atoms with van der Waals surface area (Å²) in [5.74, 6) is 0.0956. The molecule has 90 valence electrons. The lowest BCUT2D eigenvalue weighted by molar-refractivity contribution is -0.122. The summed E-state index contributed by atoms with van der Waals surface area (Å²) in [7, 11) is 0. The van der Waals surface area contributed by atoms with E-state index in [9.17, 15) is 4.79 Å². The fourth-order valence-electron chi connectivity index (χ4n) is 2.78. The van der Waals surface area contributed by atoms with Gasteiger partial charge in [0.25, 0.3) is 0 Å². The fourth-order valence-corrected chi connectivity index (χ4v) is 3.18. The number of ether oxygens (including phenoxy) is 1. The van der Waals surface area contributed by atoms with Crippen LogP contribution in [0.2, 0.25) is 0 Å². The first-order valence-electron chi connectivity index (χ1n) is 5.87. The Bertz CT molecular complexity index is 474. The quantitative estimate of drug-likeness (QED) is 0.796. The minimum Gasteiger partial charge on any atom is -0.378 e. The van der Waals surface area contributed by atoms with Crippen LogP contribution in [0.1, 0.15) is 24.0 Å². The maximum absolute atomic E-state index is 11.7. The molecule has 1 amide bonds. The van der Waals surface area contributed by atoms with Crippen LogP contribution in [-0.2, 0) is 21.5 Å². The smallest absolute Gasteiger partial charge is 0.223 e. The van der Waals surface area contributed by atoms with Crippen molar-refractivity contribution in [3.63, 3.8) is 0 Å².